The molecule has 2 aromatic heterocycles. The molecule has 1 saturated heterocycles. The van der Waals surface area contributed by atoms with Crippen molar-refractivity contribution in [3.8, 4) is 10.6 Å². The molecule has 5 nitrogen and oxygen atoms in total. The minimum Gasteiger partial charge on any atom is -0.319 e. The molecule has 2 aliphatic rings. The van der Waals surface area contributed by atoms with Crippen molar-refractivity contribution in [1.82, 2.24) is 15.2 Å². The van der Waals surface area contributed by atoms with Crippen LogP contribution < -0.4 is 5.32 Å². The Hall–Kier alpha value is -2.72. The molecule has 1 aromatic carbocycles. The Balaban J connectivity index is 1.37. The third kappa shape index (κ3) is 3.34. The van der Waals surface area contributed by atoms with Gasteiger partial charge >= 0.3 is 12.2 Å². The molecule has 31 heavy (non-hydrogen) atoms. The highest BCUT2D eigenvalue weighted by atomic mass is 32.1. The molecule has 1 atom stereocenters. The molecule has 1 aliphatic carbocycles. The summed E-state index contributed by atoms with van der Waals surface area (Å²) >= 11 is 2.85. The van der Waals surface area contributed by atoms with Crippen molar-refractivity contribution in [1.29, 1.82) is 0 Å². The quantitative estimate of drug-likeness (QED) is 0.545. The molecule has 0 bridgehead atoms. The number of nitrogens with one attached hydrogen (secondary N) is 1. The van der Waals surface area contributed by atoms with Gasteiger partial charge in [0.05, 0.1) is 17.8 Å². The van der Waals surface area contributed by atoms with Crippen LogP contribution in [0, 0.1) is 0 Å². The van der Waals surface area contributed by atoms with Crippen molar-refractivity contribution in [3.05, 3.63) is 62.8 Å². The van der Waals surface area contributed by atoms with Crippen LogP contribution in [-0.4, -0.2) is 21.8 Å². The number of carbonyl (C=O) groups is 2. The lowest BCUT2D eigenvalue weighted by Gasteiger charge is -2.31. The zero-order chi connectivity index (χ0) is 21.8. The molecule has 160 valence electrons. The van der Waals surface area contributed by atoms with Crippen LogP contribution in [0.2, 0.25) is 0 Å². The molecule has 1 spiro atoms. The Labute approximate surface area is 183 Å². The smallest absolute Gasteiger partial charge is 0.319 e. The van der Waals surface area contributed by atoms with Gasteiger partial charge in [-0.25, -0.2) is 9.78 Å². The van der Waals surface area contributed by atoms with E-state index in [2.05, 4.69) is 10.3 Å². The van der Waals surface area contributed by atoms with Crippen molar-refractivity contribution in [2.45, 2.75) is 37.5 Å². The largest absolute Gasteiger partial charge is 0.416 e. The van der Waals surface area contributed by atoms with E-state index in [-0.39, 0.29) is 12.5 Å². The van der Waals surface area contributed by atoms with Gasteiger partial charge in [-0.05, 0) is 42.8 Å². The van der Waals surface area contributed by atoms with Crippen LogP contribution in [0.15, 0.2) is 41.1 Å². The fourth-order valence-corrected chi connectivity index (χ4v) is 5.98. The summed E-state index contributed by atoms with van der Waals surface area (Å²) in [5, 5.41) is 7.09. The van der Waals surface area contributed by atoms with Crippen LogP contribution in [0.5, 0.6) is 0 Å². The number of imide groups is 1. The summed E-state index contributed by atoms with van der Waals surface area (Å²) in [5.41, 5.74) is 0.220. The highest BCUT2D eigenvalue weighted by Gasteiger charge is 2.54. The first-order valence-corrected chi connectivity index (χ1v) is 11.4. The standard InChI is InChI=1S/C21H16F3N3O2S2/c22-21(23,24)13-5-3-12(4-6-13)17-25-14(11-31-17)10-27-18(28)20(26-19(27)29)8-1-2-16-15(20)7-9-30-16/h3-7,9,11H,1-2,8,10H2,(H,26,29). The number of thiophene rings is 1. The molecule has 0 radical (unpaired) electrons. The molecule has 1 unspecified atom stereocenters. The van der Waals surface area contributed by atoms with Crippen LogP contribution in [0.4, 0.5) is 18.0 Å². The topological polar surface area (TPSA) is 62.3 Å². The van der Waals surface area contributed by atoms with Crippen molar-refractivity contribution < 1.29 is 22.8 Å². The van der Waals surface area contributed by atoms with Gasteiger partial charge in [0.1, 0.15) is 10.5 Å². The van der Waals surface area contributed by atoms with Crippen molar-refractivity contribution in [2.75, 3.05) is 0 Å². The maximum absolute atomic E-state index is 13.3. The van der Waals surface area contributed by atoms with Gasteiger partial charge in [-0.3, -0.25) is 9.69 Å². The van der Waals surface area contributed by atoms with Gasteiger partial charge < -0.3 is 5.32 Å². The molecule has 1 fully saturated rings. The van der Waals surface area contributed by atoms with E-state index in [1.54, 1.807) is 16.7 Å². The highest BCUT2D eigenvalue weighted by molar-refractivity contribution is 7.13. The molecule has 3 heterocycles. The molecule has 1 aliphatic heterocycles. The number of amides is 3. The number of rotatable bonds is 3. The number of fused-ring (bicyclic) bond motifs is 2. The zero-order valence-corrected chi connectivity index (χ0v) is 17.7. The normalized spacial score (nSPS) is 20.9. The molecular weight excluding hydrogens is 447 g/mol. The summed E-state index contributed by atoms with van der Waals surface area (Å²) in [5.74, 6) is -0.277. The maximum Gasteiger partial charge on any atom is 0.416 e. The van der Waals surface area contributed by atoms with Gasteiger partial charge in [-0.15, -0.1) is 22.7 Å². The lowest BCUT2D eigenvalue weighted by molar-refractivity contribution is -0.137. The van der Waals surface area contributed by atoms with Crippen molar-refractivity contribution in [3.63, 3.8) is 0 Å². The Bertz CT molecular complexity index is 1170. The average Bonchev–Trinajstić information content (AvgIpc) is 3.45. The number of alkyl halides is 3. The van der Waals surface area contributed by atoms with Crippen LogP contribution in [0.1, 0.15) is 34.5 Å². The number of aryl methyl sites for hydroxylation is 1. The monoisotopic (exact) mass is 463 g/mol. The van der Waals surface area contributed by atoms with E-state index in [1.165, 1.54) is 28.4 Å². The third-order valence-electron chi connectivity index (χ3n) is 5.67. The molecule has 10 heteroatoms. The molecule has 0 saturated carbocycles. The second kappa shape index (κ2) is 7.16. The number of hydrogen-bond acceptors (Lipinski definition) is 5. The Morgan fingerprint density at radius 3 is 2.65 bits per heavy atom. The first kappa shape index (κ1) is 20.2. The van der Waals surface area contributed by atoms with Crippen LogP contribution in [0.25, 0.3) is 10.6 Å². The van der Waals surface area contributed by atoms with E-state index >= 15 is 0 Å². The predicted octanol–water partition coefficient (Wildman–Crippen LogP) is 5.17. The van der Waals surface area contributed by atoms with Crippen molar-refractivity contribution >= 4 is 34.6 Å². The second-order valence-electron chi connectivity index (χ2n) is 7.56. The molecular formula is C21H16F3N3O2S2. The Morgan fingerprint density at radius 2 is 1.90 bits per heavy atom. The number of halogens is 3. The number of carbonyl (C=O) groups excluding carboxylic acids is 2. The first-order chi connectivity index (χ1) is 14.8. The fourth-order valence-electron chi connectivity index (χ4n) is 4.16. The Morgan fingerprint density at radius 1 is 1.13 bits per heavy atom. The molecule has 3 amide bonds. The van der Waals surface area contributed by atoms with Crippen molar-refractivity contribution in [2.24, 2.45) is 0 Å². The van der Waals surface area contributed by atoms with Gasteiger partial charge in [0.2, 0.25) is 0 Å². The zero-order valence-electron chi connectivity index (χ0n) is 16.0. The van der Waals surface area contributed by atoms with E-state index < -0.39 is 23.3 Å². The SMILES string of the molecule is O=C1NC2(CCCc3sccc32)C(=O)N1Cc1csc(-c2ccc(C(F)(F)F)cc2)n1. The van der Waals surface area contributed by atoms with E-state index in [1.807, 2.05) is 11.4 Å². The van der Waals surface area contributed by atoms with Crippen LogP contribution >= 0.6 is 22.7 Å². The van der Waals surface area contributed by atoms with E-state index in [0.717, 1.165) is 35.4 Å². The number of hydrogen-bond donors (Lipinski definition) is 1. The summed E-state index contributed by atoms with van der Waals surface area (Å²) in [4.78, 5) is 32.7. The number of thiazole rings is 1. The van der Waals surface area contributed by atoms with Crippen LogP contribution in [0.3, 0.4) is 0 Å². The lowest BCUT2D eigenvalue weighted by atomic mass is 9.80. The first-order valence-electron chi connectivity index (χ1n) is 9.61. The van der Waals surface area contributed by atoms with Gasteiger partial charge in [0.15, 0.2) is 0 Å². The van der Waals surface area contributed by atoms with Gasteiger partial charge in [0, 0.05) is 21.4 Å². The molecule has 5 rings (SSSR count). The third-order valence-corrected chi connectivity index (χ3v) is 7.59. The number of aromatic nitrogens is 1. The summed E-state index contributed by atoms with van der Waals surface area (Å²) in [7, 11) is 0. The predicted molar refractivity (Wildman–Crippen MR) is 111 cm³/mol. The summed E-state index contributed by atoms with van der Waals surface area (Å²) in [6.45, 7) is 0.0169. The van der Waals surface area contributed by atoms with E-state index in [0.29, 0.717) is 22.7 Å². The Kier molecular flexibility index (Phi) is 4.67. The van der Waals surface area contributed by atoms with E-state index in [4.69, 9.17) is 0 Å². The van der Waals surface area contributed by atoms with Gasteiger partial charge in [-0.1, -0.05) is 12.1 Å². The maximum atomic E-state index is 13.3. The number of nitrogens with zero attached hydrogens (tertiary/aromatic N) is 2. The summed E-state index contributed by atoms with van der Waals surface area (Å²) in [6.07, 6.45) is -2.11. The van der Waals surface area contributed by atoms with Crippen LogP contribution in [-0.2, 0) is 29.5 Å². The lowest BCUT2D eigenvalue weighted by Crippen LogP contribution is -2.46. The number of benzene rings is 1. The fraction of sp³-hybridized carbons (Fsp3) is 0.286. The molecule has 1 N–H and O–H groups in total. The summed E-state index contributed by atoms with van der Waals surface area (Å²) in [6, 6.07) is 6.22. The second-order valence-corrected chi connectivity index (χ2v) is 9.42. The summed E-state index contributed by atoms with van der Waals surface area (Å²) < 4.78 is 38.3. The highest BCUT2D eigenvalue weighted by Crippen LogP contribution is 2.42. The van der Waals surface area contributed by atoms with E-state index in [9.17, 15) is 22.8 Å². The van der Waals surface area contributed by atoms with Gasteiger partial charge in [0.25, 0.3) is 5.91 Å². The minimum absolute atomic E-state index is 0.0169. The number of urea groups is 1. The average molecular weight is 464 g/mol. The van der Waals surface area contributed by atoms with Gasteiger partial charge in [-0.2, -0.15) is 13.2 Å². The molecule has 3 aromatic rings. The minimum atomic E-state index is -4.40.